The Morgan fingerprint density at radius 3 is 2.76 bits per heavy atom. The molecule has 0 aliphatic carbocycles. The number of rotatable bonds is 3. The maximum absolute atomic E-state index is 11.8. The van der Waals surface area contributed by atoms with E-state index in [4.69, 9.17) is 16.3 Å². The third-order valence-electron chi connectivity index (χ3n) is 3.17. The highest BCUT2D eigenvalue weighted by Crippen LogP contribution is 2.32. The minimum absolute atomic E-state index is 0.00222. The van der Waals surface area contributed by atoms with E-state index in [1.165, 1.54) is 0 Å². The number of halogens is 1. The number of methoxy groups -OCH3 is 1. The molecular weight excluding hydrogens is 238 g/mol. The second-order valence-electron chi connectivity index (χ2n) is 4.27. The van der Waals surface area contributed by atoms with Crippen LogP contribution in [-0.2, 0) is 4.79 Å². The molecule has 1 fully saturated rings. The summed E-state index contributed by atoms with van der Waals surface area (Å²) in [6, 6.07) is 7.77. The Morgan fingerprint density at radius 1 is 1.47 bits per heavy atom. The van der Waals surface area contributed by atoms with Crippen molar-refractivity contribution in [2.75, 3.05) is 13.7 Å². The van der Waals surface area contributed by atoms with E-state index in [-0.39, 0.29) is 17.3 Å². The third-order valence-corrected chi connectivity index (χ3v) is 3.46. The van der Waals surface area contributed by atoms with E-state index in [1.807, 2.05) is 36.1 Å². The minimum Gasteiger partial charge on any atom is -0.496 e. The molecule has 92 valence electrons. The number of alkyl halides is 1. The highest BCUT2D eigenvalue weighted by Gasteiger charge is 2.32. The summed E-state index contributed by atoms with van der Waals surface area (Å²) >= 11 is 6.01. The zero-order chi connectivity index (χ0) is 12.4. The summed E-state index contributed by atoms with van der Waals surface area (Å²) in [5.41, 5.74) is 1.02. The van der Waals surface area contributed by atoms with Crippen molar-refractivity contribution in [2.24, 2.45) is 0 Å². The Bertz CT molecular complexity index is 422. The summed E-state index contributed by atoms with van der Waals surface area (Å²) in [6.45, 7) is 2.62. The minimum atomic E-state index is -0.0698. The van der Waals surface area contributed by atoms with Crippen LogP contribution in [0.5, 0.6) is 5.75 Å². The Kier molecular flexibility index (Phi) is 3.57. The summed E-state index contributed by atoms with van der Waals surface area (Å²) in [5.74, 6) is 0.925. The second-order valence-corrected chi connectivity index (χ2v) is 4.88. The van der Waals surface area contributed by atoms with Gasteiger partial charge in [-0.15, -0.1) is 11.6 Å². The number of amides is 1. The molecule has 1 amide bonds. The number of ether oxygens (including phenoxy) is 1. The molecule has 2 rings (SSSR count). The van der Waals surface area contributed by atoms with Crippen LogP contribution in [0.25, 0.3) is 0 Å². The van der Waals surface area contributed by atoms with Gasteiger partial charge in [0.15, 0.2) is 0 Å². The van der Waals surface area contributed by atoms with Gasteiger partial charge in [-0.3, -0.25) is 4.79 Å². The van der Waals surface area contributed by atoms with Crippen molar-refractivity contribution in [1.29, 1.82) is 0 Å². The number of carbonyl (C=O) groups excluding carboxylic acids is 1. The fourth-order valence-corrected chi connectivity index (χ4v) is 2.52. The highest BCUT2D eigenvalue weighted by molar-refractivity contribution is 6.22. The molecule has 1 aliphatic heterocycles. The van der Waals surface area contributed by atoms with Gasteiger partial charge in [0, 0.05) is 18.5 Å². The Morgan fingerprint density at radius 2 is 2.18 bits per heavy atom. The molecule has 17 heavy (non-hydrogen) atoms. The summed E-state index contributed by atoms with van der Waals surface area (Å²) in [6.07, 6.45) is 0.432. The molecule has 4 heteroatoms. The number of nitrogens with zero attached hydrogens (tertiary/aromatic N) is 1. The summed E-state index contributed by atoms with van der Waals surface area (Å²) in [4.78, 5) is 13.6. The molecule has 1 aromatic rings. The zero-order valence-corrected chi connectivity index (χ0v) is 10.8. The van der Waals surface area contributed by atoms with Crippen LogP contribution in [0.2, 0.25) is 0 Å². The SMILES string of the molecule is COc1ccccc1C(C)N1CC(Cl)CC1=O. The van der Waals surface area contributed by atoms with E-state index in [9.17, 15) is 4.79 Å². The van der Waals surface area contributed by atoms with E-state index in [0.29, 0.717) is 13.0 Å². The smallest absolute Gasteiger partial charge is 0.224 e. The lowest BCUT2D eigenvalue weighted by molar-refractivity contribution is -0.129. The number of para-hydroxylation sites is 1. The molecule has 0 aromatic heterocycles. The zero-order valence-electron chi connectivity index (χ0n) is 10.0. The van der Waals surface area contributed by atoms with Gasteiger partial charge >= 0.3 is 0 Å². The maximum atomic E-state index is 11.8. The maximum Gasteiger partial charge on any atom is 0.224 e. The molecule has 0 radical (unpaired) electrons. The molecule has 1 saturated heterocycles. The Labute approximate surface area is 106 Å². The molecule has 1 heterocycles. The van der Waals surface area contributed by atoms with E-state index in [2.05, 4.69) is 0 Å². The first kappa shape index (κ1) is 12.2. The predicted molar refractivity (Wildman–Crippen MR) is 67.4 cm³/mol. The quantitative estimate of drug-likeness (QED) is 0.775. The second kappa shape index (κ2) is 4.96. The number of benzene rings is 1. The van der Waals surface area contributed by atoms with Gasteiger partial charge in [-0.25, -0.2) is 0 Å². The van der Waals surface area contributed by atoms with Crippen molar-refractivity contribution in [3.8, 4) is 5.75 Å². The Hall–Kier alpha value is -1.22. The molecule has 1 aromatic carbocycles. The van der Waals surface area contributed by atoms with Gasteiger partial charge in [0.1, 0.15) is 5.75 Å². The van der Waals surface area contributed by atoms with Gasteiger partial charge < -0.3 is 9.64 Å². The van der Waals surface area contributed by atoms with Crippen LogP contribution in [0.15, 0.2) is 24.3 Å². The van der Waals surface area contributed by atoms with Crippen LogP contribution in [0.1, 0.15) is 24.9 Å². The van der Waals surface area contributed by atoms with Crippen LogP contribution in [-0.4, -0.2) is 29.8 Å². The molecule has 3 nitrogen and oxygen atoms in total. The summed E-state index contributed by atoms with van der Waals surface area (Å²) in [7, 11) is 1.64. The average molecular weight is 254 g/mol. The Balaban J connectivity index is 2.25. The summed E-state index contributed by atoms with van der Waals surface area (Å²) < 4.78 is 5.32. The molecule has 0 spiro atoms. The third kappa shape index (κ3) is 2.39. The van der Waals surface area contributed by atoms with Gasteiger partial charge in [0.25, 0.3) is 0 Å². The van der Waals surface area contributed by atoms with Crippen molar-refractivity contribution >= 4 is 17.5 Å². The van der Waals surface area contributed by atoms with Crippen LogP contribution in [0.4, 0.5) is 0 Å². The summed E-state index contributed by atoms with van der Waals surface area (Å²) in [5, 5.41) is -0.0698. The van der Waals surface area contributed by atoms with E-state index in [1.54, 1.807) is 7.11 Å². The molecule has 0 N–H and O–H groups in total. The van der Waals surface area contributed by atoms with Crippen molar-refractivity contribution in [2.45, 2.75) is 24.8 Å². The topological polar surface area (TPSA) is 29.5 Å². The molecule has 0 saturated carbocycles. The van der Waals surface area contributed by atoms with E-state index < -0.39 is 0 Å². The fourth-order valence-electron chi connectivity index (χ4n) is 2.24. The normalized spacial score (nSPS) is 21.7. The first-order valence-electron chi connectivity index (χ1n) is 5.70. The van der Waals surface area contributed by atoms with Gasteiger partial charge in [-0.05, 0) is 13.0 Å². The number of hydrogen-bond donors (Lipinski definition) is 0. The van der Waals surface area contributed by atoms with Crippen molar-refractivity contribution in [1.82, 2.24) is 4.90 Å². The van der Waals surface area contributed by atoms with Gasteiger partial charge in [0.05, 0.1) is 18.5 Å². The first-order chi connectivity index (χ1) is 8.13. The van der Waals surface area contributed by atoms with Crippen LogP contribution >= 0.6 is 11.6 Å². The van der Waals surface area contributed by atoms with E-state index in [0.717, 1.165) is 11.3 Å². The number of hydrogen-bond acceptors (Lipinski definition) is 2. The molecule has 2 unspecified atom stereocenters. The van der Waals surface area contributed by atoms with Crippen LogP contribution < -0.4 is 4.74 Å². The van der Waals surface area contributed by atoms with Gasteiger partial charge in [-0.2, -0.15) is 0 Å². The van der Waals surface area contributed by atoms with Crippen molar-refractivity contribution in [3.05, 3.63) is 29.8 Å². The van der Waals surface area contributed by atoms with Crippen molar-refractivity contribution < 1.29 is 9.53 Å². The molecular formula is C13H16ClNO2. The lowest BCUT2D eigenvalue weighted by atomic mass is 10.1. The largest absolute Gasteiger partial charge is 0.496 e. The predicted octanol–water partition coefficient (Wildman–Crippen LogP) is 2.60. The van der Waals surface area contributed by atoms with Crippen LogP contribution in [0.3, 0.4) is 0 Å². The molecule has 0 bridgehead atoms. The monoisotopic (exact) mass is 253 g/mol. The van der Waals surface area contributed by atoms with Crippen molar-refractivity contribution in [3.63, 3.8) is 0 Å². The first-order valence-corrected chi connectivity index (χ1v) is 6.13. The number of likely N-dealkylation sites (tertiary alicyclic amines) is 1. The lowest BCUT2D eigenvalue weighted by Crippen LogP contribution is -2.28. The van der Waals surface area contributed by atoms with Gasteiger partial charge in [0.2, 0.25) is 5.91 Å². The highest BCUT2D eigenvalue weighted by atomic mass is 35.5. The van der Waals surface area contributed by atoms with Crippen LogP contribution in [0, 0.1) is 0 Å². The molecule has 1 aliphatic rings. The molecule has 2 atom stereocenters. The lowest BCUT2D eigenvalue weighted by Gasteiger charge is -2.26. The average Bonchev–Trinajstić information content (AvgIpc) is 2.67. The van der Waals surface area contributed by atoms with E-state index >= 15 is 0 Å². The standard InChI is InChI=1S/C13H16ClNO2/c1-9(15-8-10(14)7-13(15)16)11-5-3-4-6-12(11)17-2/h3-6,9-10H,7-8H2,1-2H3. The fraction of sp³-hybridized carbons (Fsp3) is 0.462. The van der Waals surface area contributed by atoms with Gasteiger partial charge in [-0.1, -0.05) is 18.2 Å². The number of carbonyl (C=O) groups is 1.